The Morgan fingerprint density at radius 1 is 1.55 bits per heavy atom. The second-order valence-corrected chi connectivity index (χ2v) is 3.50. The lowest BCUT2D eigenvalue weighted by molar-refractivity contribution is 0.133. The van der Waals surface area contributed by atoms with Gasteiger partial charge in [-0.3, -0.25) is 0 Å². The van der Waals surface area contributed by atoms with Gasteiger partial charge in [-0.05, 0) is 26.2 Å². The van der Waals surface area contributed by atoms with E-state index in [1.165, 1.54) is 0 Å². The van der Waals surface area contributed by atoms with Gasteiger partial charge in [-0.2, -0.15) is 0 Å². The van der Waals surface area contributed by atoms with Gasteiger partial charge < -0.3 is 5.11 Å². The summed E-state index contributed by atoms with van der Waals surface area (Å²) in [5.41, 5.74) is -0.680. The normalized spacial score (nSPS) is 15.3. The van der Waals surface area contributed by atoms with Crippen molar-refractivity contribution in [1.29, 1.82) is 0 Å². The second kappa shape index (κ2) is 4.35. The molecule has 1 nitrogen and oxygen atoms in total. The SMILES string of the molecule is C=CC(C)CC=CC(C)(C)O. The zero-order valence-corrected chi connectivity index (χ0v) is 7.67. The fourth-order valence-electron chi connectivity index (χ4n) is 0.667. The van der Waals surface area contributed by atoms with Crippen LogP contribution in [0.2, 0.25) is 0 Å². The van der Waals surface area contributed by atoms with Crippen molar-refractivity contribution < 1.29 is 5.11 Å². The Bertz CT molecular complexity index is 139. The average molecular weight is 154 g/mol. The van der Waals surface area contributed by atoms with Crippen LogP contribution in [0.3, 0.4) is 0 Å². The van der Waals surface area contributed by atoms with Crippen molar-refractivity contribution in [3.8, 4) is 0 Å². The van der Waals surface area contributed by atoms with Gasteiger partial charge in [0.15, 0.2) is 0 Å². The summed E-state index contributed by atoms with van der Waals surface area (Å²) in [6.07, 6.45) is 6.67. The third-order valence-electron chi connectivity index (χ3n) is 1.44. The van der Waals surface area contributed by atoms with Crippen molar-refractivity contribution >= 4 is 0 Å². The average Bonchev–Trinajstić information content (AvgIpc) is 1.85. The minimum absolute atomic E-state index is 0.494. The Morgan fingerprint density at radius 3 is 2.45 bits per heavy atom. The van der Waals surface area contributed by atoms with Crippen LogP contribution >= 0.6 is 0 Å². The largest absolute Gasteiger partial charge is 0.386 e. The molecule has 1 N–H and O–H groups in total. The lowest BCUT2D eigenvalue weighted by Crippen LogP contribution is -2.13. The zero-order valence-electron chi connectivity index (χ0n) is 7.67. The summed E-state index contributed by atoms with van der Waals surface area (Å²) in [4.78, 5) is 0. The summed E-state index contributed by atoms with van der Waals surface area (Å²) < 4.78 is 0. The van der Waals surface area contributed by atoms with Gasteiger partial charge in [0.2, 0.25) is 0 Å². The highest BCUT2D eigenvalue weighted by Crippen LogP contribution is 2.07. The highest BCUT2D eigenvalue weighted by molar-refractivity contribution is 4.97. The van der Waals surface area contributed by atoms with Crippen LogP contribution in [0.25, 0.3) is 0 Å². The van der Waals surface area contributed by atoms with Crippen LogP contribution in [0, 0.1) is 5.92 Å². The molecule has 1 atom stereocenters. The molecule has 0 saturated heterocycles. The summed E-state index contributed by atoms with van der Waals surface area (Å²) in [6.45, 7) is 9.31. The first-order valence-corrected chi connectivity index (χ1v) is 3.98. The molecule has 0 aliphatic carbocycles. The Labute approximate surface area is 69.4 Å². The van der Waals surface area contributed by atoms with Gasteiger partial charge in [-0.1, -0.05) is 25.2 Å². The number of hydrogen-bond acceptors (Lipinski definition) is 1. The molecule has 1 unspecified atom stereocenters. The summed E-state index contributed by atoms with van der Waals surface area (Å²) in [5.74, 6) is 0.494. The molecule has 0 fully saturated rings. The highest BCUT2D eigenvalue weighted by atomic mass is 16.3. The van der Waals surface area contributed by atoms with Crippen molar-refractivity contribution in [2.75, 3.05) is 0 Å². The Hall–Kier alpha value is -0.560. The Kier molecular flexibility index (Phi) is 4.12. The van der Waals surface area contributed by atoms with Crippen LogP contribution in [0.1, 0.15) is 27.2 Å². The molecule has 0 aromatic heterocycles. The number of allylic oxidation sites excluding steroid dienone is 2. The van der Waals surface area contributed by atoms with Crippen LogP contribution < -0.4 is 0 Å². The fraction of sp³-hybridized carbons (Fsp3) is 0.600. The first kappa shape index (κ1) is 10.4. The summed E-state index contributed by atoms with van der Waals surface area (Å²) in [7, 11) is 0. The van der Waals surface area contributed by atoms with Crippen molar-refractivity contribution in [2.24, 2.45) is 5.92 Å². The molecule has 1 heteroatoms. The van der Waals surface area contributed by atoms with Crippen molar-refractivity contribution in [2.45, 2.75) is 32.8 Å². The van der Waals surface area contributed by atoms with Crippen LogP contribution in [0.4, 0.5) is 0 Å². The van der Waals surface area contributed by atoms with Crippen LogP contribution in [-0.4, -0.2) is 10.7 Å². The standard InChI is InChI=1S/C10H18O/c1-5-9(2)7-6-8-10(3,4)11/h5-6,8-9,11H,1,7H2,2-4H3. The van der Waals surface area contributed by atoms with E-state index in [0.717, 1.165) is 6.42 Å². The van der Waals surface area contributed by atoms with Crippen LogP contribution in [0.15, 0.2) is 24.8 Å². The van der Waals surface area contributed by atoms with Gasteiger partial charge in [0.25, 0.3) is 0 Å². The molecule has 0 aliphatic rings. The topological polar surface area (TPSA) is 20.2 Å². The lowest BCUT2D eigenvalue weighted by atomic mass is 10.0. The third-order valence-corrected chi connectivity index (χ3v) is 1.44. The highest BCUT2D eigenvalue weighted by Gasteiger charge is 2.05. The van der Waals surface area contributed by atoms with E-state index in [9.17, 15) is 5.11 Å². The number of rotatable bonds is 4. The summed E-state index contributed by atoms with van der Waals surface area (Å²) in [6, 6.07) is 0. The number of aliphatic hydroxyl groups is 1. The summed E-state index contributed by atoms with van der Waals surface area (Å²) >= 11 is 0. The molecule has 0 rings (SSSR count). The zero-order chi connectivity index (χ0) is 8.91. The van der Waals surface area contributed by atoms with Crippen molar-refractivity contribution in [1.82, 2.24) is 0 Å². The van der Waals surface area contributed by atoms with E-state index in [4.69, 9.17) is 0 Å². The first-order valence-electron chi connectivity index (χ1n) is 3.98. The summed E-state index contributed by atoms with van der Waals surface area (Å²) in [5, 5.41) is 9.29. The van der Waals surface area contributed by atoms with Gasteiger partial charge >= 0.3 is 0 Å². The fourth-order valence-corrected chi connectivity index (χ4v) is 0.667. The molecule has 0 aliphatic heterocycles. The molecule has 0 spiro atoms. The van der Waals surface area contributed by atoms with Crippen molar-refractivity contribution in [3.63, 3.8) is 0 Å². The quantitative estimate of drug-likeness (QED) is 0.617. The molecule has 0 bridgehead atoms. The van der Waals surface area contributed by atoms with E-state index in [-0.39, 0.29) is 0 Å². The van der Waals surface area contributed by atoms with Gasteiger partial charge in [-0.25, -0.2) is 0 Å². The lowest BCUT2D eigenvalue weighted by Gasteiger charge is -2.10. The molecular formula is C10H18O. The Balaban J connectivity index is 3.69. The molecule has 0 heterocycles. The predicted octanol–water partition coefficient (Wildman–Crippen LogP) is 2.53. The van der Waals surface area contributed by atoms with E-state index in [2.05, 4.69) is 13.5 Å². The van der Waals surface area contributed by atoms with E-state index >= 15 is 0 Å². The monoisotopic (exact) mass is 154 g/mol. The molecule has 0 amide bonds. The van der Waals surface area contributed by atoms with Crippen molar-refractivity contribution in [3.05, 3.63) is 24.8 Å². The molecule has 0 aromatic carbocycles. The second-order valence-electron chi connectivity index (χ2n) is 3.50. The van der Waals surface area contributed by atoms with Gasteiger partial charge in [-0.15, -0.1) is 6.58 Å². The maximum absolute atomic E-state index is 9.29. The number of hydrogen-bond donors (Lipinski definition) is 1. The predicted molar refractivity (Wildman–Crippen MR) is 49.4 cm³/mol. The molecule has 0 radical (unpaired) electrons. The maximum atomic E-state index is 9.29. The van der Waals surface area contributed by atoms with Gasteiger partial charge in [0.05, 0.1) is 5.60 Å². The molecular weight excluding hydrogens is 136 g/mol. The Morgan fingerprint density at radius 2 is 2.09 bits per heavy atom. The van der Waals surface area contributed by atoms with E-state index in [1.54, 1.807) is 13.8 Å². The minimum atomic E-state index is -0.680. The van der Waals surface area contributed by atoms with Gasteiger partial charge in [0, 0.05) is 0 Å². The molecule has 11 heavy (non-hydrogen) atoms. The molecule has 64 valence electrons. The van der Waals surface area contributed by atoms with Crippen LogP contribution in [0.5, 0.6) is 0 Å². The maximum Gasteiger partial charge on any atom is 0.0771 e. The third kappa shape index (κ3) is 7.34. The van der Waals surface area contributed by atoms with Gasteiger partial charge in [0.1, 0.15) is 0 Å². The van der Waals surface area contributed by atoms with E-state index < -0.39 is 5.60 Å². The molecule has 0 saturated carbocycles. The van der Waals surface area contributed by atoms with E-state index in [1.807, 2.05) is 18.2 Å². The van der Waals surface area contributed by atoms with E-state index in [0.29, 0.717) is 5.92 Å². The smallest absolute Gasteiger partial charge is 0.0771 e. The van der Waals surface area contributed by atoms with Crippen LogP contribution in [-0.2, 0) is 0 Å². The molecule has 0 aromatic rings. The first-order chi connectivity index (χ1) is 4.95. The minimum Gasteiger partial charge on any atom is -0.386 e.